The third-order valence-corrected chi connectivity index (χ3v) is 9.22. The van der Waals surface area contributed by atoms with E-state index >= 15 is 0 Å². The molecule has 58 heavy (non-hydrogen) atoms. The van der Waals surface area contributed by atoms with Gasteiger partial charge < -0.3 is 50.4 Å². The number of carbonyl (C=O) groups is 6. The fourth-order valence-electron chi connectivity index (χ4n) is 5.90. The zero-order chi connectivity index (χ0) is 42.7. The lowest BCUT2D eigenvalue weighted by Crippen LogP contribution is -2.40. The van der Waals surface area contributed by atoms with E-state index in [0.29, 0.717) is 91.4 Å². The molecule has 0 aliphatic heterocycles. The lowest BCUT2D eigenvalue weighted by Gasteiger charge is -2.14. The highest BCUT2D eigenvalue weighted by atomic mass is 16.5. The molecule has 0 aromatic rings. The van der Waals surface area contributed by atoms with Gasteiger partial charge in [0.1, 0.15) is 6.04 Å². The molecule has 0 heterocycles. The highest BCUT2D eigenvalue weighted by molar-refractivity contribution is 5.83. The maximum absolute atomic E-state index is 12.3. The van der Waals surface area contributed by atoms with Gasteiger partial charge >= 0.3 is 11.9 Å². The summed E-state index contributed by atoms with van der Waals surface area (Å²) >= 11 is 0. The van der Waals surface area contributed by atoms with E-state index in [2.05, 4.69) is 21.3 Å². The van der Waals surface area contributed by atoms with Gasteiger partial charge in [-0.1, -0.05) is 84.0 Å². The monoisotopic (exact) mass is 831 g/mol. The summed E-state index contributed by atoms with van der Waals surface area (Å²) in [5.41, 5.74) is 0. The second kappa shape index (κ2) is 41.8. The molecule has 0 radical (unpaired) electrons. The van der Waals surface area contributed by atoms with Crippen molar-refractivity contribution in [3.63, 3.8) is 0 Å². The Morgan fingerprint density at radius 2 is 0.810 bits per heavy atom. The van der Waals surface area contributed by atoms with Gasteiger partial charge in [0.2, 0.25) is 23.6 Å². The predicted octanol–water partition coefficient (Wildman–Crippen LogP) is 5.05. The van der Waals surface area contributed by atoms with Crippen LogP contribution in [-0.4, -0.2) is 124 Å². The average molecular weight is 831 g/mol. The Kier molecular flexibility index (Phi) is 39.4. The van der Waals surface area contributed by atoms with Crippen molar-refractivity contribution >= 4 is 35.6 Å². The number of hydrogen-bond acceptors (Lipinski definition) is 10. The number of carboxylic acid groups (broad SMARTS) is 2. The van der Waals surface area contributed by atoms with Gasteiger partial charge in [-0.2, -0.15) is 0 Å². The van der Waals surface area contributed by atoms with Crippen molar-refractivity contribution in [3.05, 3.63) is 0 Å². The van der Waals surface area contributed by atoms with Gasteiger partial charge in [-0.25, -0.2) is 4.79 Å². The Bertz CT molecular complexity index is 1070. The first kappa shape index (κ1) is 54.7. The number of amides is 4. The summed E-state index contributed by atoms with van der Waals surface area (Å²) in [7, 11) is 0. The number of aliphatic carboxylic acids is 2. The fraction of sp³-hybridized carbons (Fsp3) is 0.857. The molecule has 16 nitrogen and oxygen atoms in total. The minimum absolute atomic E-state index is 0.0183. The number of ether oxygens (including phenoxy) is 4. The van der Waals surface area contributed by atoms with Gasteiger partial charge in [0.05, 0.1) is 52.9 Å². The number of unbranched alkanes of at least 4 members (excludes halogenated alkanes) is 14. The summed E-state index contributed by atoms with van der Waals surface area (Å²) in [5, 5.41) is 29.1. The zero-order valence-electron chi connectivity index (χ0n) is 35.6. The normalized spacial score (nSPS) is 11.5. The molecule has 0 aliphatic carbocycles. The summed E-state index contributed by atoms with van der Waals surface area (Å²) in [6.07, 6.45) is 19.2. The first-order chi connectivity index (χ1) is 28.1. The average Bonchev–Trinajstić information content (AvgIpc) is 3.18. The van der Waals surface area contributed by atoms with E-state index in [0.717, 1.165) is 51.4 Å². The maximum atomic E-state index is 12.3. The van der Waals surface area contributed by atoms with Crippen molar-refractivity contribution in [1.29, 1.82) is 0 Å². The van der Waals surface area contributed by atoms with E-state index in [1.807, 2.05) is 6.92 Å². The Balaban J connectivity index is 3.59. The third kappa shape index (κ3) is 40.8. The van der Waals surface area contributed by atoms with E-state index in [9.17, 15) is 33.9 Å². The Labute approximate surface area is 347 Å². The molecule has 0 saturated carbocycles. The van der Waals surface area contributed by atoms with Gasteiger partial charge in [0, 0.05) is 51.7 Å². The standard InChI is InChI=1S/C42H78N4O12/c1-2-19-37(47)44-26-30-57-34-33-56-29-24-39(49)45-27-31-58-35-32-55-28-23-38(48)43-25-18-17-20-36(42(53)54)46-40(50)21-15-13-11-9-7-5-3-4-6-8-10-12-14-16-22-41(51)52/h36H,2-35H2,1H3,(H,43,48)(H,44,47)(H,45,49)(H,46,50)(H,51,52)(H,53,54)/t36-/m0/s1. The molecule has 0 aromatic carbocycles. The van der Waals surface area contributed by atoms with E-state index in [4.69, 9.17) is 24.1 Å². The van der Waals surface area contributed by atoms with Crippen molar-refractivity contribution in [2.45, 2.75) is 161 Å². The van der Waals surface area contributed by atoms with Crippen molar-refractivity contribution < 1.29 is 57.9 Å². The van der Waals surface area contributed by atoms with Crippen molar-refractivity contribution in [1.82, 2.24) is 21.3 Å². The van der Waals surface area contributed by atoms with Gasteiger partial charge in [-0.05, 0) is 38.5 Å². The maximum Gasteiger partial charge on any atom is 0.326 e. The summed E-state index contributed by atoms with van der Waals surface area (Å²) in [5.74, 6) is -2.28. The number of carboxylic acids is 2. The second-order valence-corrected chi connectivity index (χ2v) is 14.5. The van der Waals surface area contributed by atoms with Crippen LogP contribution < -0.4 is 21.3 Å². The Morgan fingerprint density at radius 1 is 0.414 bits per heavy atom. The van der Waals surface area contributed by atoms with E-state index in [-0.39, 0.29) is 56.1 Å². The van der Waals surface area contributed by atoms with E-state index < -0.39 is 18.0 Å². The van der Waals surface area contributed by atoms with Crippen LogP contribution in [0.1, 0.15) is 155 Å². The largest absolute Gasteiger partial charge is 0.481 e. The summed E-state index contributed by atoms with van der Waals surface area (Å²) < 4.78 is 21.6. The SMILES string of the molecule is CCCC(=O)NCCOCCOCCC(=O)NCCOCCOCCC(=O)NCCCC[C@H](NC(=O)CCCCCCCCCCCCCCCCC(=O)O)C(=O)O. The topological polar surface area (TPSA) is 228 Å². The smallest absolute Gasteiger partial charge is 0.326 e. The van der Waals surface area contributed by atoms with Crippen molar-refractivity contribution in [2.24, 2.45) is 0 Å². The summed E-state index contributed by atoms with van der Waals surface area (Å²) in [6.45, 7) is 5.84. The molecule has 0 fully saturated rings. The minimum Gasteiger partial charge on any atom is -0.481 e. The van der Waals surface area contributed by atoms with Crippen LogP contribution in [0.25, 0.3) is 0 Å². The van der Waals surface area contributed by atoms with Gasteiger partial charge in [0.25, 0.3) is 0 Å². The predicted molar refractivity (Wildman–Crippen MR) is 221 cm³/mol. The summed E-state index contributed by atoms with van der Waals surface area (Å²) in [4.78, 5) is 69.8. The molecule has 338 valence electrons. The van der Waals surface area contributed by atoms with Crippen LogP contribution in [0.3, 0.4) is 0 Å². The van der Waals surface area contributed by atoms with Gasteiger partial charge in [-0.3, -0.25) is 24.0 Å². The summed E-state index contributed by atoms with van der Waals surface area (Å²) in [6, 6.07) is -0.938. The molecule has 0 spiro atoms. The Hall–Kier alpha value is -3.34. The molecule has 0 rings (SSSR count). The molecule has 6 N–H and O–H groups in total. The molecule has 1 atom stereocenters. The zero-order valence-corrected chi connectivity index (χ0v) is 35.6. The first-order valence-electron chi connectivity index (χ1n) is 22.0. The van der Waals surface area contributed by atoms with Crippen LogP contribution in [0, 0.1) is 0 Å². The first-order valence-corrected chi connectivity index (χ1v) is 22.0. The van der Waals surface area contributed by atoms with Crippen molar-refractivity contribution in [3.8, 4) is 0 Å². The van der Waals surface area contributed by atoms with Crippen LogP contribution >= 0.6 is 0 Å². The van der Waals surface area contributed by atoms with Crippen molar-refractivity contribution in [2.75, 3.05) is 72.5 Å². The van der Waals surface area contributed by atoms with Crippen LogP contribution in [0.15, 0.2) is 0 Å². The molecule has 0 unspecified atom stereocenters. The highest BCUT2D eigenvalue weighted by Crippen LogP contribution is 2.14. The molecule has 4 amide bonds. The lowest BCUT2D eigenvalue weighted by molar-refractivity contribution is -0.142. The van der Waals surface area contributed by atoms with Crippen LogP contribution in [0.2, 0.25) is 0 Å². The molecule has 16 heteroatoms. The third-order valence-electron chi connectivity index (χ3n) is 9.22. The molecule has 0 aromatic heterocycles. The second-order valence-electron chi connectivity index (χ2n) is 14.5. The number of nitrogens with one attached hydrogen (secondary N) is 4. The molecule has 0 aliphatic rings. The Morgan fingerprint density at radius 3 is 1.24 bits per heavy atom. The minimum atomic E-state index is -1.05. The molecular formula is C42H78N4O12. The molecule has 0 saturated heterocycles. The quantitative estimate of drug-likeness (QED) is 0.0444. The molecular weight excluding hydrogens is 752 g/mol. The fourth-order valence-corrected chi connectivity index (χ4v) is 5.90. The number of carbonyl (C=O) groups excluding carboxylic acids is 4. The van der Waals surface area contributed by atoms with Crippen LogP contribution in [0.4, 0.5) is 0 Å². The van der Waals surface area contributed by atoms with E-state index in [1.165, 1.54) is 44.9 Å². The van der Waals surface area contributed by atoms with Crippen LogP contribution in [0.5, 0.6) is 0 Å². The number of hydrogen-bond donors (Lipinski definition) is 6. The number of rotatable bonds is 44. The van der Waals surface area contributed by atoms with Crippen LogP contribution in [-0.2, 0) is 47.7 Å². The highest BCUT2D eigenvalue weighted by Gasteiger charge is 2.19. The van der Waals surface area contributed by atoms with Gasteiger partial charge in [-0.15, -0.1) is 0 Å². The van der Waals surface area contributed by atoms with E-state index in [1.54, 1.807) is 0 Å². The van der Waals surface area contributed by atoms with Gasteiger partial charge in [0.15, 0.2) is 0 Å². The molecule has 0 bridgehead atoms. The lowest BCUT2D eigenvalue weighted by atomic mass is 10.0.